The summed E-state index contributed by atoms with van der Waals surface area (Å²) < 4.78 is 50.5. The lowest BCUT2D eigenvalue weighted by Crippen LogP contribution is -2.36. The number of rotatable bonds is 6. The summed E-state index contributed by atoms with van der Waals surface area (Å²) in [4.78, 5) is 2.31. The first-order valence-electron chi connectivity index (χ1n) is 10.2. The lowest BCUT2D eigenvalue weighted by Gasteiger charge is -2.29. The molecule has 3 aromatic carbocycles. The normalized spacial score (nSPS) is 14.4. The minimum atomic E-state index is -3.68. The van der Waals surface area contributed by atoms with Crippen LogP contribution in [0, 0.1) is 5.82 Å². The average Bonchev–Trinajstić information content (AvgIpc) is 2.80. The maximum absolute atomic E-state index is 13.3. The molecule has 1 fully saturated rings. The van der Waals surface area contributed by atoms with Crippen LogP contribution in [0.15, 0.2) is 65.6 Å². The highest BCUT2D eigenvalue weighted by Gasteiger charge is 2.21. The number of nitrogen functional groups attached to an aromatic ring is 1. The standard InChI is InChI=1S/C24H25FN2O4S/c1-30-24-7-4-18(14-23(24)26)19-12-21(27-8-10-31-11-9-27)15-22(13-19)32(28,29)16-17-2-5-20(25)6-3-17/h2-7,12-15H,8-11,16,26H2,1H3. The molecular weight excluding hydrogens is 431 g/mol. The SMILES string of the molecule is COc1ccc(-c2cc(N3CCOCC3)cc(S(=O)(=O)Cc3ccc(F)cc3)c2)cc1N. The number of sulfone groups is 1. The molecule has 0 aliphatic carbocycles. The highest BCUT2D eigenvalue weighted by molar-refractivity contribution is 7.90. The van der Waals surface area contributed by atoms with Crippen molar-refractivity contribution < 1.29 is 22.3 Å². The van der Waals surface area contributed by atoms with Gasteiger partial charge in [-0.25, -0.2) is 12.8 Å². The molecule has 0 radical (unpaired) electrons. The summed E-state index contributed by atoms with van der Waals surface area (Å²) in [5.41, 5.74) is 9.41. The first-order chi connectivity index (χ1) is 15.4. The number of ether oxygens (including phenoxy) is 2. The third kappa shape index (κ3) is 4.87. The van der Waals surface area contributed by atoms with Crippen LogP contribution in [0.5, 0.6) is 5.75 Å². The van der Waals surface area contributed by atoms with E-state index in [4.69, 9.17) is 15.2 Å². The zero-order valence-corrected chi connectivity index (χ0v) is 18.6. The van der Waals surface area contributed by atoms with Gasteiger partial charge in [-0.3, -0.25) is 0 Å². The minimum absolute atomic E-state index is 0.204. The van der Waals surface area contributed by atoms with Crippen LogP contribution >= 0.6 is 0 Å². The fourth-order valence-electron chi connectivity index (χ4n) is 3.73. The number of hydrogen-bond donors (Lipinski definition) is 1. The lowest BCUT2D eigenvalue weighted by molar-refractivity contribution is 0.122. The van der Waals surface area contributed by atoms with E-state index in [9.17, 15) is 12.8 Å². The highest BCUT2D eigenvalue weighted by Crippen LogP contribution is 2.34. The number of hydrogen-bond acceptors (Lipinski definition) is 6. The van der Waals surface area contributed by atoms with Gasteiger partial charge in [-0.15, -0.1) is 0 Å². The van der Waals surface area contributed by atoms with E-state index < -0.39 is 15.7 Å². The fourth-order valence-corrected chi connectivity index (χ4v) is 5.14. The van der Waals surface area contributed by atoms with Gasteiger partial charge >= 0.3 is 0 Å². The molecule has 168 valence electrons. The van der Waals surface area contributed by atoms with E-state index in [1.807, 2.05) is 12.1 Å². The molecule has 6 nitrogen and oxygen atoms in total. The fraction of sp³-hybridized carbons (Fsp3) is 0.250. The van der Waals surface area contributed by atoms with Crippen molar-refractivity contribution >= 4 is 21.2 Å². The van der Waals surface area contributed by atoms with E-state index in [-0.39, 0.29) is 10.6 Å². The third-order valence-electron chi connectivity index (χ3n) is 5.46. The van der Waals surface area contributed by atoms with Gasteiger partial charge in [0.15, 0.2) is 9.84 Å². The number of benzene rings is 3. The van der Waals surface area contributed by atoms with Gasteiger partial charge in [0, 0.05) is 18.8 Å². The molecule has 0 bridgehead atoms. The molecule has 32 heavy (non-hydrogen) atoms. The molecule has 1 heterocycles. The molecule has 0 amide bonds. The Bertz CT molecular complexity index is 1210. The Morgan fingerprint density at radius 3 is 2.38 bits per heavy atom. The summed E-state index contributed by atoms with van der Waals surface area (Å²) in [7, 11) is -2.13. The molecule has 1 aliphatic rings. The molecule has 8 heteroatoms. The molecule has 0 atom stereocenters. The molecular formula is C24H25FN2O4S. The Balaban J connectivity index is 1.77. The number of methoxy groups -OCH3 is 1. The Morgan fingerprint density at radius 1 is 1.00 bits per heavy atom. The second kappa shape index (κ2) is 9.18. The summed E-state index contributed by atoms with van der Waals surface area (Å²) >= 11 is 0. The molecule has 3 aromatic rings. The van der Waals surface area contributed by atoms with Crippen molar-refractivity contribution in [3.63, 3.8) is 0 Å². The van der Waals surface area contributed by atoms with Crippen molar-refractivity contribution in [2.45, 2.75) is 10.6 Å². The monoisotopic (exact) mass is 456 g/mol. The van der Waals surface area contributed by atoms with Crippen LogP contribution in [0.2, 0.25) is 0 Å². The first-order valence-corrected chi connectivity index (χ1v) is 11.9. The molecule has 0 unspecified atom stereocenters. The van der Waals surface area contributed by atoms with E-state index in [0.717, 1.165) is 16.8 Å². The maximum Gasteiger partial charge on any atom is 0.182 e. The second-order valence-electron chi connectivity index (χ2n) is 7.66. The lowest BCUT2D eigenvalue weighted by atomic mass is 10.0. The van der Waals surface area contributed by atoms with E-state index in [1.54, 1.807) is 31.4 Å². The van der Waals surface area contributed by atoms with Crippen molar-refractivity contribution in [3.05, 3.63) is 72.0 Å². The van der Waals surface area contributed by atoms with Crippen LogP contribution in [0.1, 0.15) is 5.56 Å². The summed E-state index contributed by atoms with van der Waals surface area (Å²) in [5.74, 6) is -0.0635. The summed E-state index contributed by atoms with van der Waals surface area (Å²) in [6.07, 6.45) is 0. The number of nitrogens with two attached hydrogens (primary N) is 1. The summed E-state index contributed by atoms with van der Waals surface area (Å²) in [6.45, 7) is 2.51. The van der Waals surface area contributed by atoms with Crippen molar-refractivity contribution in [1.82, 2.24) is 0 Å². The zero-order valence-electron chi connectivity index (χ0n) is 17.8. The van der Waals surface area contributed by atoms with E-state index in [0.29, 0.717) is 43.3 Å². The van der Waals surface area contributed by atoms with Gasteiger partial charge < -0.3 is 20.1 Å². The van der Waals surface area contributed by atoms with Gasteiger partial charge in [0.1, 0.15) is 11.6 Å². The van der Waals surface area contributed by atoms with Gasteiger partial charge in [0.2, 0.25) is 0 Å². The topological polar surface area (TPSA) is 81.9 Å². The van der Waals surface area contributed by atoms with Gasteiger partial charge in [0.25, 0.3) is 0 Å². The van der Waals surface area contributed by atoms with Crippen LogP contribution in [-0.2, 0) is 20.3 Å². The third-order valence-corrected chi connectivity index (χ3v) is 7.13. The van der Waals surface area contributed by atoms with Crippen LogP contribution < -0.4 is 15.4 Å². The largest absolute Gasteiger partial charge is 0.495 e. The van der Waals surface area contributed by atoms with Gasteiger partial charge in [-0.2, -0.15) is 0 Å². The van der Waals surface area contributed by atoms with Crippen molar-refractivity contribution in [2.75, 3.05) is 44.0 Å². The number of nitrogens with zero attached hydrogens (tertiary/aromatic N) is 1. The predicted octanol–water partition coefficient (Wildman–Crippen LogP) is 3.89. The molecule has 4 rings (SSSR count). The highest BCUT2D eigenvalue weighted by atomic mass is 32.2. The minimum Gasteiger partial charge on any atom is -0.495 e. The predicted molar refractivity (Wildman–Crippen MR) is 123 cm³/mol. The maximum atomic E-state index is 13.3. The molecule has 0 spiro atoms. The van der Waals surface area contributed by atoms with Gasteiger partial charge in [-0.05, 0) is 59.2 Å². The van der Waals surface area contributed by atoms with Crippen LogP contribution in [0.25, 0.3) is 11.1 Å². The molecule has 0 aromatic heterocycles. The Kier molecular flexibility index (Phi) is 6.34. The van der Waals surface area contributed by atoms with E-state index in [1.165, 1.54) is 24.3 Å². The number of morpholine rings is 1. The van der Waals surface area contributed by atoms with E-state index in [2.05, 4.69) is 4.90 Å². The Morgan fingerprint density at radius 2 is 1.72 bits per heavy atom. The van der Waals surface area contributed by atoms with Crippen LogP contribution in [-0.4, -0.2) is 41.8 Å². The van der Waals surface area contributed by atoms with Crippen LogP contribution in [0.3, 0.4) is 0 Å². The summed E-state index contributed by atoms with van der Waals surface area (Å²) in [5, 5.41) is 0. The van der Waals surface area contributed by atoms with Gasteiger partial charge in [-0.1, -0.05) is 18.2 Å². The number of halogens is 1. The Labute approximate surface area is 187 Å². The quantitative estimate of drug-likeness (QED) is 0.567. The Hall–Kier alpha value is -3.10. The van der Waals surface area contributed by atoms with Crippen molar-refractivity contribution in [1.29, 1.82) is 0 Å². The van der Waals surface area contributed by atoms with Crippen molar-refractivity contribution in [3.8, 4) is 16.9 Å². The molecule has 1 saturated heterocycles. The average molecular weight is 457 g/mol. The smallest absolute Gasteiger partial charge is 0.182 e. The molecule has 0 saturated carbocycles. The zero-order chi connectivity index (χ0) is 22.7. The van der Waals surface area contributed by atoms with Crippen LogP contribution in [0.4, 0.5) is 15.8 Å². The molecule has 2 N–H and O–H groups in total. The van der Waals surface area contributed by atoms with Crippen molar-refractivity contribution in [2.24, 2.45) is 0 Å². The van der Waals surface area contributed by atoms with Gasteiger partial charge in [0.05, 0.1) is 36.7 Å². The molecule has 1 aliphatic heterocycles. The summed E-state index contributed by atoms with van der Waals surface area (Å²) in [6, 6.07) is 16.2. The number of anilines is 2. The van der Waals surface area contributed by atoms with E-state index >= 15 is 0 Å². The first kappa shape index (κ1) is 22.1. The second-order valence-corrected chi connectivity index (χ2v) is 9.65.